The van der Waals surface area contributed by atoms with E-state index in [2.05, 4.69) is 4.98 Å². The molecule has 2 aromatic heterocycles. The molecule has 0 fully saturated rings. The van der Waals surface area contributed by atoms with Crippen molar-refractivity contribution in [2.24, 2.45) is 0 Å². The average molecular weight is 515 g/mol. The number of nitrogens with zero attached hydrogens (tertiary/aromatic N) is 2. The number of carbonyl (C=O) groups excluding carboxylic acids is 2. The second-order valence-electron chi connectivity index (χ2n) is 8.40. The number of carbonyl (C=O) groups is 2. The van der Waals surface area contributed by atoms with Crippen LogP contribution < -0.4 is 9.64 Å². The number of aromatic nitrogens is 1. The Hall–Kier alpha value is -4.50. The molecule has 0 aliphatic carbocycles. The number of thiazole rings is 1. The van der Waals surface area contributed by atoms with Crippen LogP contribution in [0.25, 0.3) is 21.2 Å². The number of hydrogen-bond acceptors (Lipinski definition) is 7. The quantitative estimate of drug-likeness (QED) is 0.265. The van der Waals surface area contributed by atoms with Gasteiger partial charge in [0.25, 0.3) is 5.91 Å². The summed E-state index contributed by atoms with van der Waals surface area (Å²) in [5, 5.41) is 11.9. The molecule has 1 amide bonds. The Morgan fingerprint density at radius 3 is 2.70 bits per heavy atom. The monoisotopic (exact) mass is 514 g/mol. The number of hydrogen-bond donors (Lipinski definition) is 1. The van der Waals surface area contributed by atoms with Crippen LogP contribution in [-0.2, 0) is 4.79 Å². The Kier molecular flexibility index (Phi) is 5.49. The van der Waals surface area contributed by atoms with Gasteiger partial charge in [-0.05, 0) is 43.3 Å². The highest BCUT2D eigenvalue weighted by atomic mass is 32.1. The van der Waals surface area contributed by atoms with E-state index >= 15 is 4.39 Å². The number of ether oxygens (including phenoxy) is 1. The Morgan fingerprint density at radius 2 is 1.92 bits per heavy atom. The van der Waals surface area contributed by atoms with Crippen molar-refractivity contribution in [1.82, 2.24) is 4.98 Å². The molecular formula is C28H19FN2O5S. The van der Waals surface area contributed by atoms with Crippen LogP contribution in [0.15, 0.2) is 88.5 Å². The zero-order chi connectivity index (χ0) is 25.7. The van der Waals surface area contributed by atoms with E-state index in [1.165, 1.54) is 35.6 Å². The van der Waals surface area contributed by atoms with Gasteiger partial charge in [0.05, 0.1) is 22.4 Å². The molecule has 0 bridgehead atoms. The van der Waals surface area contributed by atoms with Crippen molar-refractivity contribution in [2.75, 3.05) is 11.5 Å². The first-order valence-corrected chi connectivity index (χ1v) is 12.4. The molecule has 1 aliphatic rings. The summed E-state index contributed by atoms with van der Waals surface area (Å²) in [5.41, 5.74) is 0.850. The van der Waals surface area contributed by atoms with E-state index < -0.39 is 29.3 Å². The molecule has 0 saturated carbocycles. The van der Waals surface area contributed by atoms with Crippen LogP contribution in [-0.4, -0.2) is 28.4 Å². The van der Waals surface area contributed by atoms with Gasteiger partial charge in [-0.2, -0.15) is 0 Å². The molecule has 0 saturated heterocycles. The number of aliphatic hydroxyl groups excluding tert-OH is 1. The number of amides is 1. The van der Waals surface area contributed by atoms with Gasteiger partial charge < -0.3 is 14.3 Å². The number of ketones is 1. The van der Waals surface area contributed by atoms with E-state index in [9.17, 15) is 14.7 Å². The zero-order valence-corrected chi connectivity index (χ0v) is 20.3. The summed E-state index contributed by atoms with van der Waals surface area (Å²) in [4.78, 5) is 32.8. The van der Waals surface area contributed by atoms with Crippen LogP contribution in [0.2, 0.25) is 0 Å². The topological polar surface area (TPSA) is 92.9 Å². The summed E-state index contributed by atoms with van der Waals surface area (Å²) < 4.78 is 27.1. The normalized spacial score (nSPS) is 15.8. The maximum Gasteiger partial charge on any atom is 0.296 e. The molecule has 1 aliphatic heterocycles. The number of para-hydroxylation sites is 1. The highest BCUT2D eigenvalue weighted by Gasteiger charge is 2.47. The molecule has 0 radical (unpaired) electrons. The molecule has 1 N–H and O–H groups in total. The van der Waals surface area contributed by atoms with Gasteiger partial charge >= 0.3 is 0 Å². The smallest absolute Gasteiger partial charge is 0.296 e. The zero-order valence-electron chi connectivity index (χ0n) is 19.5. The van der Waals surface area contributed by atoms with Gasteiger partial charge in [0.2, 0.25) is 5.78 Å². The third-order valence-corrected chi connectivity index (χ3v) is 7.19. The largest absolute Gasteiger partial charge is 0.503 e. The fourth-order valence-electron chi connectivity index (χ4n) is 4.50. The minimum Gasteiger partial charge on any atom is -0.503 e. The SMILES string of the molecule is CCOc1ccc2nc(N3C(=O)C(O)=C(C(=O)c4cc5ccccc5o4)C3c3ccccc3F)sc2c1. The Labute approximate surface area is 214 Å². The molecule has 6 rings (SSSR count). The summed E-state index contributed by atoms with van der Waals surface area (Å²) in [6, 6.07) is 18.5. The summed E-state index contributed by atoms with van der Waals surface area (Å²) in [6.45, 7) is 2.36. The standard InChI is InChI=1S/C28H19FN2O5S/c1-2-35-16-11-12-19-22(14-16)37-28(30-19)31-24(17-8-4-5-9-18(17)29)23(26(33)27(31)34)25(32)21-13-15-7-3-6-10-20(15)36-21/h3-14,24,33H,2H2,1H3. The fourth-order valence-corrected chi connectivity index (χ4v) is 5.53. The number of benzene rings is 3. The fraction of sp³-hybridized carbons (Fsp3) is 0.107. The lowest BCUT2D eigenvalue weighted by atomic mass is 9.95. The molecule has 5 aromatic rings. The van der Waals surface area contributed by atoms with Gasteiger partial charge in [-0.25, -0.2) is 9.37 Å². The number of fused-ring (bicyclic) bond motifs is 2. The highest BCUT2D eigenvalue weighted by molar-refractivity contribution is 7.22. The first-order chi connectivity index (χ1) is 18.0. The van der Waals surface area contributed by atoms with Crippen molar-refractivity contribution >= 4 is 49.3 Å². The van der Waals surface area contributed by atoms with Crippen LogP contribution in [0.4, 0.5) is 9.52 Å². The summed E-state index contributed by atoms with van der Waals surface area (Å²) >= 11 is 1.18. The average Bonchev–Trinajstić information content (AvgIpc) is 3.58. The molecule has 0 spiro atoms. The van der Waals surface area contributed by atoms with Crippen LogP contribution in [0.5, 0.6) is 5.75 Å². The molecule has 37 heavy (non-hydrogen) atoms. The van der Waals surface area contributed by atoms with E-state index in [0.29, 0.717) is 28.8 Å². The van der Waals surface area contributed by atoms with Gasteiger partial charge in [-0.15, -0.1) is 0 Å². The predicted octanol–water partition coefficient (Wildman–Crippen LogP) is 6.36. The molecule has 7 nitrogen and oxygen atoms in total. The first kappa shape index (κ1) is 22.9. The Bertz CT molecular complexity index is 1700. The van der Waals surface area contributed by atoms with Crippen LogP contribution in [0.3, 0.4) is 0 Å². The van der Waals surface area contributed by atoms with Gasteiger partial charge in [0.15, 0.2) is 16.7 Å². The van der Waals surface area contributed by atoms with Gasteiger partial charge in [-0.1, -0.05) is 47.7 Å². The maximum absolute atomic E-state index is 15.1. The summed E-state index contributed by atoms with van der Waals surface area (Å²) in [6.07, 6.45) is 0. The van der Waals surface area contributed by atoms with E-state index in [1.807, 2.05) is 6.92 Å². The first-order valence-electron chi connectivity index (χ1n) is 11.5. The molecule has 184 valence electrons. The van der Waals surface area contributed by atoms with Crippen LogP contribution in [0.1, 0.15) is 29.1 Å². The van der Waals surface area contributed by atoms with Crippen LogP contribution >= 0.6 is 11.3 Å². The summed E-state index contributed by atoms with van der Waals surface area (Å²) in [7, 11) is 0. The van der Waals surface area contributed by atoms with Crippen molar-refractivity contribution < 1.29 is 28.2 Å². The van der Waals surface area contributed by atoms with Crippen molar-refractivity contribution in [3.63, 3.8) is 0 Å². The van der Waals surface area contributed by atoms with Crippen molar-refractivity contribution in [3.05, 3.63) is 101 Å². The molecule has 3 heterocycles. The Morgan fingerprint density at radius 1 is 1.14 bits per heavy atom. The van der Waals surface area contributed by atoms with Crippen molar-refractivity contribution in [3.8, 4) is 5.75 Å². The van der Waals surface area contributed by atoms with E-state index in [-0.39, 0.29) is 22.0 Å². The van der Waals surface area contributed by atoms with Crippen molar-refractivity contribution in [2.45, 2.75) is 13.0 Å². The molecule has 3 aromatic carbocycles. The second kappa shape index (κ2) is 8.86. The number of anilines is 1. The summed E-state index contributed by atoms with van der Waals surface area (Å²) in [5.74, 6) is -2.38. The second-order valence-corrected chi connectivity index (χ2v) is 9.41. The van der Waals surface area contributed by atoms with Crippen molar-refractivity contribution in [1.29, 1.82) is 0 Å². The number of rotatable bonds is 6. The van der Waals surface area contributed by atoms with Gasteiger partial charge in [0.1, 0.15) is 23.2 Å². The van der Waals surface area contributed by atoms with E-state index in [4.69, 9.17) is 9.15 Å². The van der Waals surface area contributed by atoms with Gasteiger partial charge in [0, 0.05) is 10.9 Å². The molecule has 1 unspecified atom stereocenters. The number of halogens is 1. The number of Topliss-reactive ketones (excluding diaryl/α,β-unsaturated/α-hetero) is 1. The minimum absolute atomic E-state index is 0.0497. The Balaban J connectivity index is 1.50. The molecular weight excluding hydrogens is 495 g/mol. The van der Waals surface area contributed by atoms with Crippen LogP contribution in [0, 0.1) is 5.82 Å². The highest BCUT2D eigenvalue weighted by Crippen LogP contribution is 2.45. The lowest BCUT2D eigenvalue weighted by Crippen LogP contribution is -2.31. The third kappa shape index (κ3) is 3.75. The number of aliphatic hydroxyl groups is 1. The molecule has 1 atom stereocenters. The minimum atomic E-state index is -1.25. The predicted molar refractivity (Wildman–Crippen MR) is 138 cm³/mol. The third-order valence-electron chi connectivity index (χ3n) is 6.17. The van der Waals surface area contributed by atoms with E-state index in [1.54, 1.807) is 48.5 Å². The van der Waals surface area contributed by atoms with Gasteiger partial charge in [-0.3, -0.25) is 14.5 Å². The number of furan rings is 1. The molecule has 9 heteroatoms. The lowest BCUT2D eigenvalue weighted by molar-refractivity contribution is -0.117. The van der Waals surface area contributed by atoms with E-state index in [0.717, 1.165) is 9.60 Å². The lowest BCUT2D eigenvalue weighted by Gasteiger charge is -2.24. The maximum atomic E-state index is 15.1.